The van der Waals surface area contributed by atoms with Crippen LogP contribution in [0.25, 0.3) is 0 Å². The average molecular weight is 289 g/mol. The van der Waals surface area contributed by atoms with Gasteiger partial charge in [-0.1, -0.05) is 6.07 Å². The zero-order valence-corrected chi connectivity index (χ0v) is 13.4. The lowest BCUT2D eigenvalue weighted by atomic mass is 9.99. The second-order valence-electron chi connectivity index (χ2n) is 6.26. The summed E-state index contributed by atoms with van der Waals surface area (Å²) in [6.45, 7) is 7.77. The van der Waals surface area contributed by atoms with Gasteiger partial charge in [-0.3, -0.25) is 9.69 Å². The molecule has 0 aromatic heterocycles. The number of nitrogens with one attached hydrogen (secondary N) is 2. The summed E-state index contributed by atoms with van der Waals surface area (Å²) in [5.74, 6) is 0.725. The monoisotopic (exact) mass is 289 g/mol. The van der Waals surface area contributed by atoms with Crippen molar-refractivity contribution < 1.29 is 4.79 Å². The topological polar surface area (TPSA) is 44.4 Å². The second-order valence-corrected chi connectivity index (χ2v) is 6.26. The van der Waals surface area contributed by atoms with Gasteiger partial charge in [0.25, 0.3) is 0 Å². The van der Waals surface area contributed by atoms with Crippen molar-refractivity contribution in [3.8, 4) is 0 Å². The van der Waals surface area contributed by atoms with E-state index >= 15 is 0 Å². The van der Waals surface area contributed by atoms with E-state index in [1.807, 2.05) is 25.2 Å². The van der Waals surface area contributed by atoms with Gasteiger partial charge < -0.3 is 10.6 Å². The van der Waals surface area contributed by atoms with Crippen molar-refractivity contribution in [1.82, 2.24) is 10.2 Å². The lowest BCUT2D eigenvalue weighted by molar-refractivity contribution is -0.117. The lowest BCUT2D eigenvalue weighted by Gasteiger charge is -2.27. The highest BCUT2D eigenvalue weighted by Gasteiger charge is 2.16. The number of hydrogen-bond donors (Lipinski definition) is 2. The molecule has 21 heavy (non-hydrogen) atoms. The molecule has 1 unspecified atom stereocenters. The Morgan fingerprint density at radius 2 is 2.19 bits per heavy atom. The summed E-state index contributed by atoms with van der Waals surface area (Å²) in [7, 11) is 2.02. The molecule has 0 bridgehead atoms. The maximum absolute atomic E-state index is 12.1. The number of nitrogens with zero attached hydrogens (tertiary/aromatic N) is 1. The van der Waals surface area contributed by atoms with E-state index in [4.69, 9.17) is 0 Å². The molecule has 4 nitrogen and oxygen atoms in total. The molecule has 1 amide bonds. The predicted octanol–water partition coefficient (Wildman–Crippen LogP) is 2.17. The van der Waals surface area contributed by atoms with Crippen LogP contribution in [0.5, 0.6) is 0 Å². The van der Waals surface area contributed by atoms with Gasteiger partial charge in [-0.05, 0) is 76.0 Å². The average Bonchev–Trinajstić information content (AvgIpc) is 2.43. The van der Waals surface area contributed by atoms with Gasteiger partial charge in [-0.25, -0.2) is 0 Å². The molecule has 1 aliphatic heterocycles. The first kappa shape index (κ1) is 16.0. The van der Waals surface area contributed by atoms with Gasteiger partial charge in [0, 0.05) is 12.2 Å². The highest BCUT2D eigenvalue weighted by atomic mass is 16.2. The minimum Gasteiger partial charge on any atom is -0.325 e. The molecule has 1 saturated heterocycles. The first-order valence-corrected chi connectivity index (χ1v) is 7.81. The molecule has 2 rings (SSSR count). The van der Waals surface area contributed by atoms with Gasteiger partial charge in [0.1, 0.15) is 0 Å². The van der Waals surface area contributed by atoms with Crippen molar-refractivity contribution in [3.63, 3.8) is 0 Å². The predicted molar refractivity (Wildman–Crippen MR) is 87.6 cm³/mol. The van der Waals surface area contributed by atoms with Crippen LogP contribution in [0.3, 0.4) is 0 Å². The zero-order chi connectivity index (χ0) is 15.2. The molecule has 1 aromatic carbocycles. The molecule has 1 fully saturated rings. The number of carbonyl (C=O) groups excluding carboxylic acids is 1. The third-order valence-electron chi connectivity index (χ3n) is 4.17. The molecule has 1 heterocycles. The molecule has 0 aliphatic carbocycles. The van der Waals surface area contributed by atoms with Gasteiger partial charge in [0.2, 0.25) is 5.91 Å². The van der Waals surface area contributed by atoms with E-state index in [-0.39, 0.29) is 5.91 Å². The standard InChI is InChI=1S/C17H27N3O/c1-13-6-7-16(9-14(13)2)19-17(21)12-20(3)11-15-5-4-8-18-10-15/h6-7,9,15,18H,4-5,8,10-12H2,1-3H3,(H,19,21). The molecule has 0 saturated carbocycles. The third kappa shape index (κ3) is 5.14. The Labute approximate surface area is 127 Å². The van der Waals surface area contributed by atoms with Gasteiger partial charge in [0.15, 0.2) is 0 Å². The first-order chi connectivity index (χ1) is 10.0. The van der Waals surface area contributed by atoms with Gasteiger partial charge >= 0.3 is 0 Å². The van der Waals surface area contributed by atoms with E-state index in [9.17, 15) is 4.79 Å². The number of carbonyl (C=O) groups is 1. The third-order valence-corrected chi connectivity index (χ3v) is 4.17. The van der Waals surface area contributed by atoms with Crippen LogP contribution in [0.4, 0.5) is 5.69 Å². The minimum absolute atomic E-state index is 0.0597. The van der Waals surface area contributed by atoms with Crippen LogP contribution in [-0.2, 0) is 4.79 Å². The molecular weight excluding hydrogens is 262 g/mol. The van der Waals surface area contributed by atoms with Crippen LogP contribution in [0.2, 0.25) is 0 Å². The van der Waals surface area contributed by atoms with Crippen molar-refractivity contribution >= 4 is 11.6 Å². The maximum atomic E-state index is 12.1. The number of amides is 1. The lowest BCUT2D eigenvalue weighted by Crippen LogP contribution is -2.39. The fourth-order valence-corrected chi connectivity index (χ4v) is 2.85. The van der Waals surface area contributed by atoms with Crippen LogP contribution in [0.15, 0.2) is 18.2 Å². The molecular formula is C17H27N3O. The summed E-state index contributed by atoms with van der Waals surface area (Å²) >= 11 is 0. The second kappa shape index (κ2) is 7.57. The molecule has 4 heteroatoms. The summed E-state index contributed by atoms with van der Waals surface area (Å²) in [6, 6.07) is 6.03. The van der Waals surface area contributed by atoms with Crippen molar-refractivity contribution in [1.29, 1.82) is 0 Å². The molecule has 1 atom stereocenters. The normalized spacial score (nSPS) is 18.8. The number of aryl methyl sites for hydroxylation is 2. The maximum Gasteiger partial charge on any atom is 0.238 e. The minimum atomic E-state index is 0.0597. The van der Waals surface area contributed by atoms with Gasteiger partial charge in [0.05, 0.1) is 6.54 Å². The fraction of sp³-hybridized carbons (Fsp3) is 0.588. The summed E-state index contributed by atoms with van der Waals surface area (Å²) in [5, 5.41) is 6.40. The molecule has 0 spiro atoms. The summed E-state index contributed by atoms with van der Waals surface area (Å²) in [5.41, 5.74) is 3.33. The van der Waals surface area contributed by atoms with Crippen LogP contribution in [0.1, 0.15) is 24.0 Å². The number of likely N-dealkylation sites (N-methyl/N-ethyl adjacent to an activating group) is 1. The summed E-state index contributed by atoms with van der Waals surface area (Å²) in [4.78, 5) is 14.2. The number of anilines is 1. The Balaban J connectivity index is 1.78. The summed E-state index contributed by atoms with van der Waals surface area (Å²) in [6.07, 6.45) is 2.50. The first-order valence-electron chi connectivity index (χ1n) is 7.81. The Morgan fingerprint density at radius 1 is 1.38 bits per heavy atom. The number of benzene rings is 1. The Kier molecular flexibility index (Phi) is 5.76. The van der Waals surface area contributed by atoms with E-state index in [1.54, 1.807) is 0 Å². The quantitative estimate of drug-likeness (QED) is 0.873. The Morgan fingerprint density at radius 3 is 2.86 bits per heavy atom. The van der Waals surface area contributed by atoms with Crippen molar-refractivity contribution in [3.05, 3.63) is 29.3 Å². The van der Waals surface area contributed by atoms with Crippen molar-refractivity contribution in [2.45, 2.75) is 26.7 Å². The highest BCUT2D eigenvalue weighted by molar-refractivity contribution is 5.92. The highest BCUT2D eigenvalue weighted by Crippen LogP contribution is 2.14. The van der Waals surface area contributed by atoms with E-state index in [0.29, 0.717) is 12.5 Å². The molecule has 0 radical (unpaired) electrons. The Hall–Kier alpha value is -1.39. The van der Waals surface area contributed by atoms with E-state index < -0.39 is 0 Å². The van der Waals surface area contributed by atoms with Crippen molar-refractivity contribution in [2.75, 3.05) is 38.5 Å². The molecule has 1 aromatic rings. The SMILES string of the molecule is Cc1ccc(NC(=O)CN(C)CC2CCCNC2)cc1C. The zero-order valence-electron chi connectivity index (χ0n) is 13.4. The largest absolute Gasteiger partial charge is 0.325 e. The van der Waals surface area contributed by atoms with Crippen LogP contribution in [-0.4, -0.2) is 44.0 Å². The van der Waals surface area contributed by atoms with E-state index in [2.05, 4.69) is 29.4 Å². The van der Waals surface area contributed by atoms with E-state index in [0.717, 1.165) is 25.3 Å². The smallest absolute Gasteiger partial charge is 0.238 e. The van der Waals surface area contributed by atoms with Crippen molar-refractivity contribution in [2.24, 2.45) is 5.92 Å². The van der Waals surface area contributed by atoms with Gasteiger partial charge in [-0.15, -0.1) is 0 Å². The van der Waals surface area contributed by atoms with Crippen LogP contribution in [0, 0.1) is 19.8 Å². The van der Waals surface area contributed by atoms with E-state index in [1.165, 1.54) is 24.0 Å². The molecule has 2 N–H and O–H groups in total. The fourth-order valence-electron chi connectivity index (χ4n) is 2.85. The van der Waals surface area contributed by atoms with Gasteiger partial charge in [-0.2, -0.15) is 0 Å². The van der Waals surface area contributed by atoms with Crippen LogP contribution < -0.4 is 10.6 Å². The number of rotatable bonds is 5. The molecule has 116 valence electrons. The number of hydrogen-bond acceptors (Lipinski definition) is 3. The Bertz CT molecular complexity index is 481. The molecule has 1 aliphatic rings. The van der Waals surface area contributed by atoms with Crippen LogP contribution >= 0.6 is 0 Å². The summed E-state index contributed by atoms with van der Waals surface area (Å²) < 4.78 is 0. The number of piperidine rings is 1.